The second kappa shape index (κ2) is 4.18. The first kappa shape index (κ1) is 10.7. The number of benzene rings is 1. The van der Waals surface area contributed by atoms with Crippen LogP contribution in [0.5, 0.6) is 0 Å². The Labute approximate surface area is 109 Å². The lowest BCUT2D eigenvalue weighted by atomic mass is 10.0. The molecule has 0 aromatic heterocycles. The third-order valence-corrected chi connectivity index (χ3v) is 5.12. The summed E-state index contributed by atoms with van der Waals surface area (Å²) in [5.41, 5.74) is 4.35. The molecule has 1 saturated carbocycles. The fourth-order valence-electron chi connectivity index (χ4n) is 4.10. The minimum absolute atomic E-state index is 0.985. The smallest absolute Gasteiger partial charge is 0.0374 e. The molecule has 2 heteroatoms. The van der Waals surface area contributed by atoms with E-state index in [2.05, 4.69) is 28.4 Å². The van der Waals surface area contributed by atoms with Crippen LogP contribution in [-0.2, 0) is 6.42 Å². The summed E-state index contributed by atoms with van der Waals surface area (Å²) in [4.78, 5) is 2.63. The molecule has 2 atom stereocenters. The van der Waals surface area contributed by atoms with Crippen molar-refractivity contribution in [1.82, 2.24) is 0 Å². The van der Waals surface area contributed by atoms with Crippen molar-refractivity contribution in [3.8, 4) is 0 Å². The summed E-state index contributed by atoms with van der Waals surface area (Å²) in [6.07, 6.45) is 6.93. The van der Waals surface area contributed by atoms with Gasteiger partial charge in [0.1, 0.15) is 0 Å². The molecule has 1 N–H and O–H groups in total. The Morgan fingerprint density at radius 2 is 1.89 bits per heavy atom. The van der Waals surface area contributed by atoms with Crippen LogP contribution in [0, 0.1) is 11.8 Å². The maximum atomic E-state index is 3.50. The van der Waals surface area contributed by atoms with E-state index < -0.39 is 0 Å². The van der Waals surface area contributed by atoms with E-state index >= 15 is 0 Å². The molecule has 1 saturated heterocycles. The van der Waals surface area contributed by atoms with Gasteiger partial charge in [-0.25, -0.2) is 0 Å². The standard InChI is InChI=1S/C16H22N2/c1-3-13-10-18(11-14(13)4-1)15-6-7-16-12(9-15)5-2-8-17-16/h6-7,9,13-14,17H,1-5,8,10-11H2. The van der Waals surface area contributed by atoms with Gasteiger partial charge in [-0.1, -0.05) is 6.42 Å². The molecular formula is C16H22N2. The van der Waals surface area contributed by atoms with Crippen molar-refractivity contribution in [2.75, 3.05) is 29.9 Å². The first-order chi connectivity index (χ1) is 8.90. The predicted octanol–water partition coefficient (Wildman–Crippen LogP) is 3.28. The molecule has 3 aliphatic rings. The van der Waals surface area contributed by atoms with Gasteiger partial charge < -0.3 is 10.2 Å². The molecule has 2 aliphatic heterocycles. The van der Waals surface area contributed by atoms with E-state index in [9.17, 15) is 0 Å². The molecule has 2 nitrogen and oxygen atoms in total. The molecule has 0 amide bonds. The van der Waals surface area contributed by atoms with E-state index in [0.717, 1.165) is 18.4 Å². The zero-order valence-corrected chi connectivity index (χ0v) is 11.0. The average molecular weight is 242 g/mol. The normalized spacial score (nSPS) is 29.9. The highest BCUT2D eigenvalue weighted by Gasteiger charge is 2.36. The minimum atomic E-state index is 0.985. The number of hydrogen-bond acceptors (Lipinski definition) is 2. The SMILES string of the molecule is c1cc2c(cc1N1CC3CCCC3C1)CCCN2. The molecule has 0 bridgehead atoms. The first-order valence-electron chi connectivity index (χ1n) is 7.52. The van der Waals surface area contributed by atoms with Gasteiger partial charge in [-0.05, 0) is 61.3 Å². The summed E-state index contributed by atoms with van der Waals surface area (Å²) in [5, 5.41) is 3.50. The number of fused-ring (bicyclic) bond motifs is 2. The van der Waals surface area contributed by atoms with E-state index in [1.807, 2.05) is 0 Å². The average Bonchev–Trinajstić information content (AvgIpc) is 2.99. The van der Waals surface area contributed by atoms with Crippen LogP contribution in [0.3, 0.4) is 0 Å². The van der Waals surface area contributed by atoms with Crippen LogP contribution >= 0.6 is 0 Å². The van der Waals surface area contributed by atoms with Gasteiger partial charge in [0.2, 0.25) is 0 Å². The van der Waals surface area contributed by atoms with E-state index in [1.165, 1.54) is 62.1 Å². The van der Waals surface area contributed by atoms with Crippen molar-refractivity contribution in [1.29, 1.82) is 0 Å². The molecule has 2 unspecified atom stereocenters. The summed E-state index contributed by atoms with van der Waals surface area (Å²) in [6.45, 7) is 3.74. The van der Waals surface area contributed by atoms with Crippen LogP contribution in [0.15, 0.2) is 18.2 Å². The van der Waals surface area contributed by atoms with Crippen LogP contribution in [0.25, 0.3) is 0 Å². The van der Waals surface area contributed by atoms with E-state index in [-0.39, 0.29) is 0 Å². The van der Waals surface area contributed by atoms with Gasteiger partial charge in [-0.2, -0.15) is 0 Å². The Hall–Kier alpha value is -1.18. The zero-order chi connectivity index (χ0) is 11.9. The second-order valence-corrected chi connectivity index (χ2v) is 6.23. The molecule has 4 rings (SSSR count). The predicted molar refractivity (Wildman–Crippen MR) is 76.3 cm³/mol. The highest BCUT2D eigenvalue weighted by Crippen LogP contribution is 2.40. The van der Waals surface area contributed by atoms with Gasteiger partial charge >= 0.3 is 0 Å². The third-order valence-electron chi connectivity index (χ3n) is 5.12. The van der Waals surface area contributed by atoms with Crippen LogP contribution in [0.4, 0.5) is 11.4 Å². The molecule has 1 aromatic carbocycles. The van der Waals surface area contributed by atoms with Gasteiger partial charge in [0.05, 0.1) is 0 Å². The Kier molecular flexibility index (Phi) is 2.49. The third kappa shape index (κ3) is 1.70. The topological polar surface area (TPSA) is 15.3 Å². The Bertz CT molecular complexity index is 442. The van der Waals surface area contributed by atoms with Gasteiger partial charge in [0.25, 0.3) is 0 Å². The van der Waals surface area contributed by atoms with Crippen LogP contribution < -0.4 is 10.2 Å². The number of nitrogens with zero attached hydrogens (tertiary/aromatic N) is 1. The lowest BCUT2D eigenvalue weighted by Gasteiger charge is -2.24. The van der Waals surface area contributed by atoms with Crippen molar-refractivity contribution in [3.05, 3.63) is 23.8 Å². The highest BCUT2D eigenvalue weighted by atomic mass is 15.2. The van der Waals surface area contributed by atoms with Crippen molar-refractivity contribution >= 4 is 11.4 Å². The van der Waals surface area contributed by atoms with Gasteiger partial charge in [0.15, 0.2) is 0 Å². The number of anilines is 2. The number of rotatable bonds is 1. The molecule has 1 aromatic rings. The fraction of sp³-hybridized carbons (Fsp3) is 0.625. The fourth-order valence-corrected chi connectivity index (χ4v) is 4.10. The monoisotopic (exact) mass is 242 g/mol. The van der Waals surface area contributed by atoms with E-state index in [4.69, 9.17) is 0 Å². The molecule has 1 aliphatic carbocycles. The van der Waals surface area contributed by atoms with Gasteiger partial charge in [-0.15, -0.1) is 0 Å². The number of hydrogen-bond donors (Lipinski definition) is 1. The molecular weight excluding hydrogens is 220 g/mol. The Morgan fingerprint density at radius 3 is 2.72 bits per heavy atom. The maximum Gasteiger partial charge on any atom is 0.0374 e. The summed E-state index contributed by atoms with van der Waals surface area (Å²) < 4.78 is 0. The molecule has 2 fully saturated rings. The lowest BCUT2D eigenvalue weighted by molar-refractivity contribution is 0.494. The maximum absolute atomic E-state index is 3.50. The quantitative estimate of drug-likeness (QED) is 0.813. The summed E-state index contributed by atoms with van der Waals surface area (Å²) in [5.74, 6) is 1.97. The molecule has 18 heavy (non-hydrogen) atoms. The van der Waals surface area contributed by atoms with Crippen LogP contribution in [0.1, 0.15) is 31.2 Å². The molecule has 2 heterocycles. The van der Waals surface area contributed by atoms with Gasteiger partial charge in [-0.3, -0.25) is 0 Å². The molecule has 0 spiro atoms. The Morgan fingerprint density at radius 1 is 1.06 bits per heavy atom. The van der Waals surface area contributed by atoms with Crippen molar-refractivity contribution in [3.63, 3.8) is 0 Å². The van der Waals surface area contributed by atoms with Crippen LogP contribution in [0.2, 0.25) is 0 Å². The van der Waals surface area contributed by atoms with E-state index in [0.29, 0.717) is 0 Å². The zero-order valence-electron chi connectivity index (χ0n) is 11.0. The second-order valence-electron chi connectivity index (χ2n) is 6.23. The lowest BCUT2D eigenvalue weighted by Crippen LogP contribution is -2.21. The summed E-state index contributed by atoms with van der Waals surface area (Å²) in [6, 6.07) is 7.04. The summed E-state index contributed by atoms with van der Waals surface area (Å²) in [7, 11) is 0. The number of nitrogens with one attached hydrogen (secondary N) is 1. The van der Waals surface area contributed by atoms with Crippen molar-refractivity contribution < 1.29 is 0 Å². The Balaban J connectivity index is 1.58. The van der Waals surface area contributed by atoms with Crippen molar-refractivity contribution in [2.24, 2.45) is 11.8 Å². The molecule has 0 radical (unpaired) electrons. The first-order valence-corrected chi connectivity index (χ1v) is 7.52. The number of aryl methyl sites for hydroxylation is 1. The molecule has 96 valence electrons. The van der Waals surface area contributed by atoms with Crippen LogP contribution in [-0.4, -0.2) is 19.6 Å². The minimum Gasteiger partial charge on any atom is -0.385 e. The van der Waals surface area contributed by atoms with Crippen molar-refractivity contribution in [2.45, 2.75) is 32.1 Å². The summed E-state index contributed by atoms with van der Waals surface area (Å²) >= 11 is 0. The van der Waals surface area contributed by atoms with Gasteiger partial charge in [0, 0.05) is 31.0 Å². The largest absolute Gasteiger partial charge is 0.385 e. The van der Waals surface area contributed by atoms with E-state index in [1.54, 1.807) is 0 Å². The highest BCUT2D eigenvalue weighted by molar-refractivity contribution is 5.62.